The number of aromatic nitrogens is 1. The summed E-state index contributed by atoms with van der Waals surface area (Å²) in [6.45, 7) is 4.05. The molecule has 0 aliphatic carbocycles. The number of nitrogens with zero attached hydrogens (tertiary/aromatic N) is 1. The minimum atomic E-state index is -1.22. The van der Waals surface area contributed by atoms with Crippen LogP contribution in [0.1, 0.15) is 35.7 Å². The molecule has 3 aromatic rings. The van der Waals surface area contributed by atoms with Crippen LogP contribution in [0.5, 0.6) is 0 Å². The molecule has 114 valence electrons. The average molecular weight is 322 g/mol. The number of hydrogen-bond donors (Lipinski definition) is 2. The van der Waals surface area contributed by atoms with Crippen molar-refractivity contribution >= 4 is 63.4 Å². The number of rotatable bonds is 2. The van der Waals surface area contributed by atoms with E-state index in [4.69, 9.17) is 15.3 Å². The Morgan fingerprint density at radius 2 is 1.96 bits per heavy atom. The van der Waals surface area contributed by atoms with Crippen molar-refractivity contribution in [3.8, 4) is 0 Å². The molecule has 6 nitrogen and oxygen atoms in total. The first-order chi connectivity index (χ1) is 10.4. The number of fused-ring (bicyclic) bond motifs is 2. The van der Waals surface area contributed by atoms with Gasteiger partial charge in [0.15, 0.2) is 11.1 Å². The third kappa shape index (κ3) is 2.97. The van der Waals surface area contributed by atoms with Crippen LogP contribution < -0.4 is 11.2 Å². The van der Waals surface area contributed by atoms with Gasteiger partial charge in [0.25, 0.3) is 0 Å². The number of nitrogen functional groups attached to an aromatic ring is 1. The van der Waals surface area contributed by atoms with Gasteiger partial charge in [0.2, 0.25) is 5.43 Å². The zero-order valence-electron chi connectivity index (χ0n) is 12.1. The number of aromatic carboxylic acids is 1. The van der Waals surface area contributed by atoms with Crippen molar-refractivity contribution in [3.05, 3.63) is 45.6 Å². The molecular formula is C16H15N2NaO4. The van der Waals surface area contributed by atoms with Crippen LogP contribution in [0.25, 0.3) is 22.1 Å². The van der Waals surface area contributed by atoms with E-state index in [1.54, 1.807) is 12.1 Å². The number of carboxylic acids is 1. The number of pyridine rings is 1. The Morgan fingerprint density at radius 3 is 2.57 bits per heavy atom. The van der Waals surface area contributed by atoms with Gasteiger partial charge >= 0.3 is 35.5 Å². The van der Waals surface area contributed by atoms with Gasteiger partial charge in [0, 0.05) is 6.07 Å². The van der Waals surface area contributed by atoms with Crippen LogP contribution in [0.15, 0.2) is 33.5 Å². The van der Waals surface area contributed by atoms with E-state index in [0.29, 0.717) is 11.0 Å². The molecule has 0 bridgehead atoms. The summed E-state index contributed by atoms with van der Waals surface area (Å²) < 4.78 is 5.63. The predicted molar refractivity (Wildman–Crippen MR) is 90.4 cm³/mol. The monoisotopic (exact) mass is 322 g/mol. The SMILES string of the molecule is CC(C)c1ccc2oc3cc(C(=O)O)c(N)nc3c(=O)c2c1.[NaH]. The Morgan fingerprint density at radius 1 is 1.26 bits per heavy atom. The molecule has 0 unspecified atom stereocenters. The predicted octanol–water partition coefficient (Wildman–Crippen LogP) is 2.10. The van der Waals surface area contributed by atoms with Crippen LogP contribution in [-0.2, 0) is 0 Å². The summed E-state index contributed by atoms with van der Waals surface area (Å²) in [4.78, 5) is 27.6. The summed E-state index contributed by atoms with van der Waals surface area (Å²) in [5, 5.41) is 9.48. The zero-order chi connectivity index (χ0) is 16.0. The fraction of sp³-hybridized carbons (Fsp3) is 0.188. The van der Waals surface area contributed by atoms with E-state index in [9.17, 15) is 9.59 Å². The maximum absolute atomic E-state index is 12.6. The van der Waals surface area contributed by atoms with E-state index in [-0.39, 0.29) is 63.4 Å². The number of benzene rings is 1. The van der Waals surface area contributed by atoms with Gasteiger partial charge in [-0.15, -0.1) is 0 Å². The fourth-order valence-corrected chi connectivity index (χ4v) is 2.34. The number of nitrogens with two attached hydrogens (primary N) is 1. The van der Waals surface area contributed by atoms with Gasteiger partial charge in [0.1, 0.15) is 17.0 Å². The van der Waals surface area contributed by atoms with Gasteiger partial charge in [-0.05, 0) is 23.6 Å². The van der Waals surface area contributed by atoms with E-state index in [2.05, 4.69) is 4.98 Å². The van der Waals surface area contributed by atoms with Crippen molar-refractivity contribution in [3.63, 3.8) is 0 Å². The molecule has 3 N–H and O–H groups in total. The Labute approximate surface area is 153 Å². The summed E-state index contributed by atoms with van der Waals surface area (Å²) in [7, 11) is 0. The van der Waals surface area contributed by atoms with Gasteiger partial charge in [0.05, 0.1) is 5.39 Å². The van der Waals surface area contributed by atoms with Crippen LogP contribution in [0.3, 0.4) is 0 Å². The third-order valence-corrected chi connectivity index (χ3v) is 3.60. The molecule has 0 aliphatic rings. The van der Waals surface area contributed by atoms with E-state index < -0.39 is 5.97 Å². The molecule has 0 amide bonds. The average Bonchev–Trinajstić information content (AvgIpc) is 2.47. The molecule has 0 spiro atoms. The summed E-state index contributed by atoms with van der Waals surface area (Å²) in [6, 6.07) is 6.60. The summed E-state index contributed by atoms with van der Waals surface area (Å²) in [6.07, 6.45) is 0. The van der Waals surface area contributed by atoms with Crippen molar-refractivity contribution in [1.82, 2.24) is 4.98 Å². The Hall–Kier alpha value is -1.89. The summed E-state index contributed by atoms with van der Waals surface area (Å²) in [5.74, 6) is -1.15. The molecule has 3 rings (SSSR count). The first kappa shape index (κ1) is 17.5. The molecule has 0 saturated heterocycles. The number of hydrogen-bond acceptors (Lipinski definition) is 5. The molecule has 0 saturated carbocycles. The molecular weight excluding hydrogens is 307 g/mol. The number of carboxylic acid groups (broad SMARTS) is 1. The summed E-state index contributed by atoms with van der Waals surface area (Å²) in [5.41, 5.74) is 6.65. The Bertz CT molecular complexity index is 979. The van der Waals surface area contributed by atoms with Crippen LogP contribution in [-0.4, -0.2) is 45.6 Å². The van der Waals surface area contributed by atoms with E-state index in [1.807, 2.05) is 19.9 Å². The van der Waals surface area contributed by atoms with Gasteiger partial charge in [-0.3, -0.25) is 4.79 Å². The van der Waals surface area contributed by atoms with E-state index >= 15 is 0 Å². The molecule has 2 heterocycles. The number of anilines is 1. The maximum atomic E-state index is 12.6. The van der Waals surface area contributed by atoms with Gasteiger partial charge in [-0.2, -0.15) is 0 Å². The molecule has 7 heteroatoms. The second-order valence-electron chi connectivity index (χ2n) is 5.41. The quantitative estimate of drug-likeness (QED) is 0.553. The molecule has 23 heavy (non-hydrogen) atoms. The summed E-state index contributed by atoms with van der Waals surface area (Å²) >= 11 is 0. The fourth-order valence-electron chi connectivity index (χ4n) is 2.34. The second-order valence-corrected chi connectivity index (χ2v) is 5.41. The number of carbonyl (C=O) groups is 1. The van der Waals surface area contributed by atoms with Crippen LogP contribution >= 0.6 is 0 Å². The first-order valence-electron chi connectivity index (χ1n) is 6.78. The van der Waals surface area contributed by atoms with Gasteiger partial charge in [-0.25, -0.2) is 9.78 Å². The topological polar surface area (TPSA) is 106 Å². The van der Waals surface area contributed by atoms with Gasteiger partial charge in [-0.1, -0.05) is 19.9 Å². The van der Waals surface area contributed by atoms with Gasteiger partial charge < -0.3 is 15.3 Å². The molecule has 0 radical (unpaired) electrons. The van der Waals surface area contributed by atoms with Crippen molar-refractivity contribution < 1.29 is 14.3 Å². The Kier molecular flexibility index (Phi) is 4.79. The van der Waals surface area contributed by atoms with E-state index in [0.717, 1.165) is 5.56 Å². The first-order valence-corrected chi connectivity index (χ1v) is 6.78. The van der Waals surface area contributed by atoms with Crippen molar-refractivity contribution in [2.75, 3.05) is 5.73 Å². The molecule has 0 fully saturated rings. The van der Waals surface area contributed by atoms with E-state index in [1.165, 1.54) is 6.07 Å². The van der Waals surface area contributed by atoms with Crippen molar-refractivity contribution in [2.24, 2.45) is 0 Å². The minimum absolute atomic E-state index is 0. The molecule has 1 aromatic carbocycles. The standard InChI is InChI=1S/C16H14N2O4.Na.H/c1-7(2)8-3-4-11-9(5-8)14(19)13-12(22-11)6-10(16(20)21)15(17)18-13;;/h3-7H,1-2H3,(H2,17,18)(H,20,21);;. The van der Waals surface area contributed by atoms with Crippen LogP contribution in [0.4, 0.5) is 5.82 Å². The third-order valence-electron chi connectivity index (χ3n) is 3.60. The zero-order valence-corrected chi connectivity index (χ0v) is 12.1. The normalized spacial score (nSPS) is 10.9. The molecule has 2 aromatic heterocycles. The van der Waals surface area contributed by atoms with Crippen LogP contribution in [0, 0.1) is 0 Å². The Balaban J connectivity index is 0.00000192. The second kappa shape index (κ2) is 6.31. The van der Waals surface area contributed by atoms with Crippen LogP contribution in [0.2, 0.25) is 0 Å². The van der Waals surface area contributed by atoms with Crippen molar-refractivity contribution in [1.29, 1.82) is 0 Å². The molecule has 0 atom stereocenters. The van der Waals surface area contributed by atoms with Crippen molar-refractivity contribution in [2.45, 2.75) is 19.8 Å². The molecule has 0 aliphatic heterocycles.